The van der Waals surface area contributed by atoms with E-state index in [0.29, 0.717) is 18.6 Å². The Morgan fingerprint density at radius 1 is 0.826 bits per heavy atom. The van der Waals surface area contributed by atoms with Crippen LogP contribution in [0.5, 0.6) is 0 Å². The molecular weight excluding hydrogens is 280 g/mol. The van der Waals surface area contributed by atoms with E-state index >= 15 is 0 Å². The van der Waals surface area contributed by atoms with Gasteiger partial charge in [0, 0.05) is 12.8 Å². The molecule has 0 radical (unpaired) electrons. The average molecular weight is 310 g/mol. The number of carbonyl (C=O) groups is 1. The van der Waals surface area contributed by atoms with E-state index < -0.39 is 0 Å². The minimum Gasteiger partial charge on any atom is -0.299 e. The van der Waals surface area contributed by atoms with Crippen LogP contribution in [0.1, 0.15) is 55.9 Å². The topological polar surface area (TPSA) is 17.1 Å². The van der Waals surface area contributed by atoms with Crippen molar-refractivity contribution in [3.8, 4) is 0 Å². The number of carbonyl (C=O) groups excluding carboxylic acids is 1. The third kappa shape index (κ3) is 6.40. The molecule has 124 valence electrons. The molecule has 0 fully saturated rings. The number of Topliss-reactive ketones (excluding diaryl/α,β-unsaturated/α-hetero) is 1. The molecule has 0 heterocycles. The lowest BCUT2D eigenvalue weighted by Gasteiger charge is -2.10. The van der Waals surface area contributed by atoms with Crippen molar-refractivity contribution in [2.45, 2.75) is 59.8 Å². The molecule has 23 heavy (non-hydrogen) atoms. The Hall–Kier alpha value is -1.89. The standard InChI is InChI=1S/C20H24O.C2H6/c1-3-8-20(21)15-19-12-7-6-11-18(19)14-13-17-10-5-4-9-16(17)2;1-2/h4-7,9-12H,3,8,13-15H2,1-2H3;1-2H3. The van der Waals surface area contributed by atoms with Gasteiger partial charge >= 0.3 is 0 Å². The minimum atomic E-state index is 0.348. The van der Waals surface area contributed by atoms with E-state index in [9.17, 15) is 4.79 Å². The molecule has 0 aliphatic rings. The van der Waals surface area contributed by atoms with E-state index in [-0.39, 0.29) is 0 Å². The van der Waals surface area contributed by atoms with Gasteiger partial charge in [0.2, 0.25) is 0 Å². The molecular formula is C22H30O. The molecule has 0 bridgehead atoms. The van der Waals surface area contributed by atoms with Gasteiger partial charge in [-0.25, -0.2) is 0 Å². The molecule has 2 aromatic rings. The Morgan fingerprint density at radius 3 is 1.96 bits per heavy atom. The van der Waals surface area contributed by atoms with Crippen molar-refractivity contribution in [1.29, 1.82) is 0 Å². The van der Waals surface area contributed by atoms with Crippen LogP contribution in [-0.2, 0) is 24.1 Å². The summed E-state index contributed by atoms with van der Waals surface area (Å²) >= 11 is 0. The zero-order valence-electron chi connectivity index (χ0n) is 15.1. The number of hydrogen-bond acceptors (Lipinski definition) is 1. The van der Waals surface area contributed by atoms with Gasteiger partial charge in [0.15, 0.2) is 0 Å². The highest BCUT2D eigenvalue weighted by molar-refractivity contribution is 5.81. The zero-order valence-corrected chi connectivity index (χ0v) is 15.1. The van der Waals surface area contributed by atoms with Gasteiger partial charge in [0.25, 0.3) is 0 Å². The summed E-state index contributed by atoms with van der Waals surface area (Å²) in [5.41, 5.74) is 5.25. The van der Waals surface area contributed by atoms with E-state index in [2.05, 4.69) is 56.3 Å². The maximum absolute atomic E-state index is 11.9. The van der Waals surface area contributed by atoms with Crippen LogP contribution >= 0.6 is 0 Å². The van der Waals surface area contributed by atoms with Crippen LogP contribution in [0.4, 0.5) is 0 Å². The maximum Gasteiger partial charge on any atom is 0.137 e. The molecule has 0 aliphatic carbocycles. The first-order valence-electron chi connectivity index (χ1n) is 8.83. The van der Waals surface area contributed by atoms with Crippen LogP contribution in [0.2, 0.25) is 0 Å². The quantitative estimate of drug-likeness (QED) is 0.639. The van der Waals surface area contributed by atoms with Crippen LogP contribution < -0.4 is 0 Å². The Morgan fingerprint density at radius 2 is 1.35 bits per heavy atom. The normalized spacial score (nSPS) is 9.91. The highest BCUT2D eigenvalue weighted by atomic mass is 16.1. The third-order valence-corrected chi connectivity index (χ3v) is 3.96. The summed E-state index contributed by atoms with van der Waals surface area (Å²) < 4.78 is 0. The molecule has 2 aromatic carbocycles. The van der Waals surface area contributed by atoms with Gasteiger partial charge in [-0.1, -0.05) is 69.3 Å². The summed E-state index contributed by atoms with van der Waals surface area (Å²) in [6.45, 7) is 8.22. The number of ketones is 1. The van der Waals surface area contributed by atoms with Gasteiger partial charge in [0.1, 0.15) is 5.78 Å². The lowest BCUT2D eigenvalue weighted by molar-refractivity contribution is -0.118. The fraction of sp³-hybridized carbons (Fsp3) is 0.409. The number of rotatable bonds is 7. The molecule has 1 heteroatoms. The second-order valence-electron chi connectivity index (χ2n) is 5.66. The van der Waals surface area contributed by atoms with Crippen molar-refractivity contribution in [3.63, 3.8) is 0 Å². The van der Waals surface area contributed by atoms with Crippen molar-refractivity contribution in [3.05, 3.63) is 70.8 Å². The minimum absolute atomic E-state index is 0.348. The zero-order chi connectivity index (χ0) is 17.1. The van der Waals surface area contributed by atoms with Crippen molar-refractivity contribution in [2.75, 3.05) is 0 Å². The van der Waals surface area contributed by atoms with Gasteiger partial charge in [0.05, 0.1) is 0 Å². The summed E-state index contributed by atoms with van der Waals surface area (Å²) in [6, 6.07) is 16.9. The molecule has 0 amide bonds. The molecule has 0 aliphatic heterocycles. The fourth-order valence-corrected chi connectivity index (χ4v) is 2.71. The van der Waals surface area contributed by atoms with Crippen molar-refractivity contribution in [1.82, 2.24) is 0 Å². The highest BCUT2D eigenvalue weighted by Crippen LogP contribution is 2.16. The first-order valence-corrected chi connectivity index (χ1v) is 8.83. The Kier molecular flexibility index (Phi) is 8.97. The van der Waals surface area contributed by atoms with Gasteiger partial charge in [-0.3, -0.25) is 4.79 Å². The van der Waals surface area contributed by atoms with Crippen LogP contribution in [0.15, 0.2) is 48.5 Å². The largest absolute Gasteiger partial charge is 0.299 e. The van der Waals surface area contributed by atoms with E-state index in [0.717, 1.165) is 19.3 Å². The Labute approximate surface area is 141 Å². The van der Waals surface area contributed by atoms with Gasteiger partial charge in [-0.2, -0.15) is 0 Å². The van der Waals surface area contributed by atoms with Crippen LogP contribution in [-0.4, -0.2) is 5.78 Å². The Bertz CT molecular complexity index is 598. The fourth-order valence-electron chi connectivity index (χ4n) is 2.71. The van der Waals surface area contributed by atoms with Crippen LogP contribution in [0, 0.1) is 6.92 Å². The second kappa shape index (κ2) is 10.8. The van der Waals surface area contributed by atoms with Gasteiger partial charge < -0.3 is 0 Å². The van der Waals surface area contributed by atoms with E-state index in [1.54, 1.807) is 0 Å². The smallest absolute Gasteiger partial charge is 0.137 e. The molecule has 0 unspecified atom stereocenters. The predicted octanol–water partition coefficient (Wildman–Crippen LogP) is 5.72. The molecule has 0 spiro atoms. The van der Waals surface area contributed by atoms with Crippen molar-refractivity contribution in [2.24, 2.45) is 0 Å². The lowest BCUT2D eigenvalue weighted by Crippen LogP contribution is -2.05. The summed E-state index contributed by atoms with van der Waals surface area (Å²) in [5.74, 6) is 0.348. The van der Waals surface area contributed by atoms with E-state index in [1.165, 1.54) is 22.3 Å². The maximum atomic E-state index is 11.9. The number of aryl methyl sites for hydroxylation is 3. The first-order chi connectivity index (χ1) is 11.2. The monoisotopic (exact) mass is 310 g/mol. The second-order valence-corrected chi connectivity index (χ2v) is 5.66. The average Bonchev–Trinajstić information content (AvgIpc) is 2.57. The van der Waals surface area contributed by atoms with Crippen molar-refractivity contribution < 1.29 is 4.79 Å². The van der Waals surface area contributed by atoms with Gasteiger partial charge in [-0.15, -0.1) is 0 Å². The lowest BCUT2D eigenvalue weighted by atomic mass is 9.95. The molecule has 0 atom stereocenters. The Balaban J connectivity index is 0.00000127. The first kappa shape index (κ1) is 19.2. The molecule has 0 aromatic heterocycles. The van der Waals surface area contributed by atoms with Crippen molar-refractivity contribution >= 4 is 5.78 Å². The molecule has 0 saturated carbocycles. The summed E-state index contributed by atoms with van der Waals surface area (Å²) in [6.07, 6.45) is 4.24. The third-order valence-electron chi connectivity index (χ3n) is 3.96. The summed E-state index contributed by atoms with van der Waals surface area (Å²) in [4.78, 5) is 11.9. The highest BCUT2D eigenvalue weighted by Gasteiger charge is 2.08. The molecule has 2 rings (SSSR count). The SMILES string of the molecule is CC.CCCC(=O)Cc1ccccc1CCc1ccccc1C. The van der Waals surface area contributed by atoms with Crippen LogP contribution in [0.25, 0.3) is 0 Å². The number of benzene rings is 2. The molecule has 0 saturated heterocycles. The molecule has 0 N–H and O–H groups in total. The summed E-state index contributed by atoms with van der Waals surface area (Å²) in [5, 5.41) is 0. The summed E-state index contributed by atoms with van der Waals surface area (Å²) in [7, 11) is 0. The van der Waals surface area contributed by atoms with E-state index in [4.69, 9.17) is 0 Å². The number of hydrogen-bond donors (Lipinski definition) is 0. The van der Waals surface area contributed by atoms with Gasteiger partial charge in [-0.05, 0) is 48.4 Å². The molecule has 1 nitrogen and oxygen atoms in total. The van der Waals surface area contributed by atoms with E-state index in [1.807, 2.05) is 19.9 Å². The van der Waals surface area contributed by atoms with Crippen LogP contribution in [0.3, 0.4) is 0 Å². The predicted molar refractivity (Wildman–Crippen MR) is 100.0 cm³/mol.